The van der Waals surface area contributed by atoms with Crippen LogP contribution in [0.2, 0.25) is 0 Å². The molecule has 0 aromatic heterocycles. The lowest BCUT2D eigenvalue weighted by atomic mass is 9.77. The number of ether oxygens (including phenoxy) is 1. The first-order valence-corrected chi connectivity index (χ1v) is 9.09. The molecule has 0 amide bonds. The maximum absolute atomic E-state index is 11.3. The summed E-state index contributed by atoms with van der Waals surface area (Å²) >= 11 is 0. The zero-order valence-corrected chi connectivity index (χ0v) is 16.0. The van der Waals surface area contributed by atoms with Gasteiger partial charge in [0.25, 0.3) is 0 Å². The minimum atomic E-state index is -0.217. The summed E-state index contributed by atoms with van der Waals surface area (Å²) in [5, 5.41) is 0. The normalized spacial score (nSPS) is 24.0. The van der Waals surface area contributed by atoms with Crippen LogP contribution in [-0.2, 0) is 9.53 Å². The minimum Gasteiger partial charge on any atom is -0.465 e. The highest BCUT2D eigenvalue weighted by Gasteiger charge is 2.27. The SMILES string of the molecule is C=C1CC/C=C(\C)CC[C@@H](C(=C)CCC=C(C)C)[C@@H]1COC(C)=O. The van der Waals surface area contributed by atoms with E-state index in [1.54, 1.807) is 0 Å². The fraction of sp³-hybridized carbons (Fsp3) is 0.591. The van der Waals surface area contributed by atoms with Gasteiger partial charge in [-0.25, -0.2) is 0 Å². The van der Waals surface area contributed by atoms with E-state index in [4.69, 9.17) is 4.74 Å². The fourth-order valence-corrected chi connectivity index (χ4v) is 3.32. The van der Waals surface area contributed by atoms with Gasteiger partial charge in [0.15, 0.2) is 0 Å². The molecule has 0 bridgehead atoms. The number of rotatable bonds is 6. The molecule has 0 aromatic rings. The summed E-state index contributed by atoms with van der Waals surface area (Å²) in [4.78, 5) is 11.3. The van der Waals surface area contributed by atoms with Gasteiger partial charge in [-0.15, -0.1) is 0 Å². The Labute approximate surface area is 148 Å². The monoisotopic (exact) mass is 330 g/mol. The van der Waals surface area contributed by atoms with Gasteiger partial charge in [0.2, 0.25) is 0 Å². The summed E-state index contributed by atoms with van der Waals surface area (Å²) in [5.74, 6) is 0.308. The molecule has 0 unspecified atom stereocenters. The third kappa shape index (κ3) is 7.33. The molecule has 1 rings (SSSR count). The minimum absolute atomic E-state index is 0.187. The molecule has 0 fully saturated rings. The van der Waals surface area contributed by atoms with E-state index in [0.717, 1.165) is 38.5 Å². The van der Waals surface area contributed by atoms with E-state index in [2.05, 4.69) is 46.1 Å². The molecule has 0 radical (unpaired) electrons. The van der Waals surface area contributed by atoms with E-state index in [1.165, 1.54) is 29.2 Å². The van der Waals surface area contributed by atoms with Crippen LogP contribution in [0.4, 0.5) is 0 Å². The van der Waals surface area contributed by atoms with Gasteiger partial charge < -0.3 is 4.74 Å². The first-order valence-electron chi connectivity index (χ1n) is 9.09. The zero-order valence-electron chi connectivity index (χ0n) is 16.0. The largest absolute Gasteiger partial charge is 0.465 e. The molecule has 134 valence electrons. The molecule has 2 heteroatoms. The van der Waals surface area contributed by atoms with Crippen LogP contribution in [0, 0.1) is 11.8 Å². The number of hydrogen-bond donors (Lipinski definition) is 0. The molecule has 24 heavy (non-hydrogen) atoms. The molecule has 0 saturated heterocycles. The first kappa shape index (κ1) is 20.5. The second kappa shape index (κ2) is 10.3. The predicted molar refractivity (Wildman–Crippen MR) is 103 cm³/mol. The molecule has 0 saturated carbocycles. The standard InChI is InChI=1S/C22H34O2/c1-16(2)9-7-11-18(4)21-14-13-17(3)10-8-12-19(5)22(21)15-24-20(6)23/h9-10,21-22H,4-5,7-8,11-15H2,1-3,6H3/b17-10+/t21-,22+/m0/s1. The Hall–Kier alpha value is -1.57. The van der Waals surface area contributed by atoms with Crippen molar-refractivity contribution in [1.29, 1.82) is 0 Å². The number of allylic oxidation sites excluding steroid dienone is 5. The van der Waals surface area contributed by atoms with Gasteiger partial charge in [-0.1, -0.05) is 47.6 Å². The summed E-state index contributed by atoms with van der Waals surface area (Å²) in [6.07, 6.45) is 10.7. The molecule has 2 nitrogen and oxygen atoms in total. The number of carbonyl (C=O) groups is 1. The molecule has 2 atom stereocenters. The smallest absolute Gasteiger partial charge is 0.302 e. The van der Waals surface area contributed by atoms with Crippen LogP contribution in [0.3, 0.4) is 0 Å². The Balaban J connectivity index is 2.91. The van der Waals surface area contributed by atoms with E-state index < -0.39 is 0 Å². The highest BCUT2D eigenvalue weighted by atomic mass is 16.5. The Morgan fingerprint density at radius 1 is 1.33 bits per heavy atom. The Morgan fingerprint density at radius 3 is 2.67 bits per heavy atom. The highest BCUT2D eigenvalue weighted by Crippen LogP contribution is 2.36. The Bertz CT molecular complexity index is 518. The number of esters is 1. The molecule has 0 aromatic carbocycles. The number of carbonyl (C=O) groups excluding carboxylic acids is 1. The summed E-state index contributed by atoms with van der Waals surface area (Å²) in [6.45, 7) is 17.1. The van der Waals surface area contributed by atoms with Crippen LogP contribution in [0.5, 0.6) is 0 Å². The fourth-order valence-electron chi connectivity index (χ4n) is 3.32. The van der Waals surface area contributed by atoms with Crippen LogP contribution in [0.15, 0.2) is 47.6 Å². The van der Waals surface area contributed by atoms with Gasteiger partial charge in [0.1, 0.15) is 0 Å². The van der Waals surface area contributed by atoms with E-state index in [0.29, 0.717) is 12.5 Å². The van der Waals surface area contributed by atoms with Crippen molar-refractivity contribution in [1.82, 2.24) is 0 Å². The van der Waals surface area contributed by atoms with Gasteiger partial charge >= 0.3 is 5.97 Å². The summed E-state index contributed by atoms with van der Waals surface area (Å²) in [7, 11) is 0. The Kier molecular flexibility index (Phi) is 8.81. The highest BCUT2D eigenvalue weighted by molar-refractivity contribution is 5.65. The van der Waals surface area contributed by atoms with Crippen molar-refractivity contribution in [3.8, 4) is 0 Å². The topological polar surface area (TPSA) is 26.3 Å². The summed E-state index contributed by atoms with van der Waals surface area (Å²) in [6, 6.07) is 0. The van der Waals surface area contributed by atoms with Crippen molar-refractivity contribution in [3.05, 3.63) is 47.6 Å². The van der Waals surface area contributed by atoms with Gasteiger partial charge in [0.05, 0.1) is 6.61 Å². The van der Waals surface area contributed by atoms with Crippen molar-refractivity contribution in [2.24, 2.45) is 11.8 Å². The van der Waals surface area contributed by atoms with Crippen molar-refractivity contribution < 1.29 is 9.53 Å². The third-order valence-electron chi connectivity index (χ3n) is 4.83. The average molecular weight is 331 g/mol. The van der Waals surface area contributed by atoms with Crippen LogP contribution in [0.25, 0.3) is 0 Å². The van der Waals surface area contributed by atoms with E-state index in [-0.39, 0.29) is 11.9 Å². The van der Waals surface area contributed by atoms with Crippen LogP contribution in [-0.4, -0.2) is 12.6 Å². The van der Waals surface area contributed by atoms with Crippen molar-refractivity contribution in [2.45, 2.75) is 66.2 Å². The predicted octanol–water partition coefficient (Wildman–Crippen LogP) is 6.16. The van der Waals surface area contributed by atoms with Crippen LogP contribution >= 0.6 is 0 Å². The molecule has 0 N–H and O–H groups in total. The molecular weight excluding hydrogens is 296 g/mol. The molecular formula is C22H34O2. The maximum atomic E-state index is 11.3. The maximum Gasteiger partial charge on any atom is 0.302 e. The third-order valence-corrected chi connectivity index (χ3v) is 4.83. The van der Waals surface area contributed by atoms with E-state index >= 15 is 0 Å². The second-order valence-corrected chi connectivity index (χ2v) is 7.28. The van der Waals surface area contributed by atoms with Crippen molar-refractivity contribution in [2.75, 3.05) is 6.61 Å². The molecule has 1 aliphatic carbocycles. The lowest BCUT2D eigenvalue weighted by Gasteiger charge is -2.30. The molecule has 1 aliphatic rings. The van der Waals surface area contributed by atoms with Gasteiger partial charge in [-0.3, -0.25) is 4.79 Å². The van der Waals surface area contributed by atoms with Gasteiger partial charge in [-0.05, 0) is 65.2 Å². The van der Waals surface area contributed by atoms with E-state index in [9.17, 15) is 4.79 Å². The average Bonchev–Trinajstić information content (AvgIpc) is 2.55. The van der Waals surface area contributed by atoms with Crippen LogP contribution in [0.1, 0.15) is 66.2 Å². The Morgan fingerprint density at radius 2 is 2.04 bits per heavy atom. The number of hydrogen-bond acceptors (Lipinski definition) is 2. The van der Waals surface area contributed by atoms with E-state index in [1.807, 2.05) is 0 Å². The molecule has 0 heterocycles. The lowest BCUT2D eigenvalue weighted by Crippen LogP contribution is -2.25. The first-order chi connectivity index (χ1) is 11.3. The molecule has 0 spiro atoms. The van der Waals surface area contributed by atoms with Gasteiger partial charge in [0, 0.05) is 12.8 Å². The zero-order chi connectivity index (χ0) is 18.1. The van der Waals surface area contributed by atoms with Crippen molar-refractivity contribution in [3.63, 3.8) is 0 Å². The van der Waals surface area contributed by atoms with Gasteiger partial charge in [-0.2, -0.15) is 0 Å². The lowest BCUT2D eigenvalue weighted by molar-refractivity contribution is -0.142. The molecule has 0 aliphatic heterocycles. The quantitative estimate of drug-likeness (QED) is 0.430. The summed E-state index contributed by atoms with van der Waals surface area (Å²) in [5.41, 5.74) is 5.24. The summed E-state index contributed by atoms with van der Waals surface area (Å²) < 4.78 is 5.37. The second-order valence-electron chi connectivity index (χ2n) is 7.28. The van der Waals surface area contributed by atoms with Crippen LogP contribution < -0.4 is 0 Å². The van der Waals surface area contributed by atoms with Crippen molar-refractivity contribution >= 4 is 5.97 Å².